The lowest BCUT2D eigenvalue weighted by atomic mass is 10.1. The molecule has 1 aliphatic heterocycles. The summed E-state index contributed by atoms with van der Waals surface area (Å²) in [6, 6.07) is 14.5. The Labute approximate surface area is 199 Å². The van der Waals surface area contributed by atoms with Crippen molar-refractivity contribution in [1.29, 1.82) is 0 Å². The molecule has 1 N–H and O–H groups in total. The standard InChI is InChI=1S/C25H23F3N2O5/c1-16(23(31)29-19-5-7-20(8-6-19)30-11-13-33-14-12-30)34-24(32)22-10-9-21(35-22)17-3-2-4-18(15-17)25(26,27)28/h2-10,15-16H,11-14H2,1H3,(H,29,31)/t16-/m1/s1. The van der Waals surface area contributed by atoms with Crippen molar-refractivity contribution in [3.05, 3.63) is 72.0 Å². The molecule has 184 valence electrons. The first kappa shape index (κ1) is 24.3. The number of carbonyl (C=O) groups excluding carboxylic acids is 2. The smallest absolute Gasteiger partial charge is 0.416 e. The minimum absolute atomic E-state index is 0.0699. The van der Waals surface area contributed by atoms with Crippen LogP contribution in [0, 0.1) is 0 Å². The number of hydrogen-bond donors (Lipinski definition) is 1. The highest BCUT2D eigenvalue weighted by Crippen LogP contribution is 2.32. The summed E-state index contributed by atoms with van der Waals surface area (Å²) >= 11 is 0. The Morgan fingerprint density at radius 2 is 1.74 bits per heavy atom. The van der Waals surface area contributed by atoms with Crippen LogP contribution in [0.3, 0.4) is 0 Å². The molecule has 1 amide bonds. The van der Waals surface area contributed by atoms with Crippen LogP contribution in [0.4, 0.5) is 24.5 Å². The fourth-order valence-electron chi connectivity index (χ4n) is 3.54. The van der Waals surface area contributed by atoms with Gasteiger partial charge in [0.05, 0.1) is 18.8 Å². The van der Waals surface area contributed by atoms with Crippen LogP contribution in [-0.4, -0.2) is 44.3 Å². The lowest BCUT2D eigenvalue weighted by Gasteiger charge is -2.28. The van der Waals surface area contributed by atoms with Gasteiger partial charge in [-0.2, -0.15) is 13.2 Å². The first-order valence-electron chi connectivity index (χ1n) is 10.9. The van der Waals surface area contributed by atoms with Crippen LogP contribution in [0.15, 0.2) is 65.1 Å². The summed E-state index contributed by atoms with van der Waals surface area (Å²) in [5, 5.41) is 2.68. The first-order valence-corrected chi connectivity index (χ1v) is 10.9. The van der Waals surface area contributed by atoms with Gasteiger partial charge in [0.25, 0.3) is 5.91 Å². The van der Waals surface area contributed by atoms with E-state index >= 15 is 0 Å². The molecule has 2 heterocycles. The Hall–Kier alpha value is -3.79. The number of amides is 1. The maximum Gasteiger partial charge on any atom is 0.416 e. The number of carbonyl (C=O) groups is 2. The zero-order valence-corrected chi connectivity index (χ0v) is 18.8. The largest absolute Gasteiger partial charge is 0.449 e. The molecule has 35 heavy (non-hydrogen) atoms. The van der Waals surface area contributed by atoms with Crippen LogP contribution in [0.1, 0.15) is 23.0 Å². The summed E-state index contributed by atoms with van der Waals surface area (Å²) in [5.41, 5.74) is 0.879. The highest BCUT2D eigenvalue weighted by Gasteiger charge is 2.31. The van der Waals surface area contributed by atoms with E-state index in [-0.39, 0.29) is 17.1 Å². The molecule has 4 rings (SSSR count). The van der Waals surface area contributed by atoms with Crippen molar-refractivity contribution in [3.63, 3.8) is 0 Å². The number of furan rings is 1. The number of morpholine rings is 1. The van der Waals surface area contributed by atoms with E-state index < -0.39 is 29.7 Å². The minimum atomic E-state index is -4.50. The third-order valence-corrected chi connectivity index (χ3v) is 5.45. The maximum absolute atomic E-state index is 12.9. The number of benzene rings is 2. The summed E-state index contributed by atoms with van der Waals surface area (Å²) in [5.74, 6) is -1.61. The van der Waals surface area contributed by atoms with Gasteiger partial charge in [0, 0.05) is 30.0 Å². The fraction of sp³-hybridized carbons (Fsp3) is 0.280. The molecule has 0 spiro atoms. The van der Waals surface area contributed by atoms with Crippen LogP contribution in [0.5, 0.6) is 0 Å². The number of anilines is 2. The Morgan fingerprint density at radius 3 is 2.43 bits per heavy atom. The molecule has 1 saturated heterocycles. The average molecular weight is 488 g/mol. The van der Waals surface area contributed by atoms with Gasteiger partial charge in [-0.1, -0.05) is 12.1 Å². The first-order chi connectivity index (χ1) is 16.7. The van der Waals surface area contributed by atoms with Crippen molar-refractivity contribution in [2.45, 2.75) is 19.2 Å². The predicted molar refractivity (Wildman–Crippen MR) is 122 cm³/mol. The SMILES string of the molecule is C[C@@H](OC(=O)c1ccc(-c2cccc(C(F)(F)F)c2)o1)C(=O)Nc1ccc(N2CCOCC2)cc1. The fourth-order valence-corrected chi connectivity index (χ4v) is 3.54. The second-order valence-corrected chi connectivity index (χ2v) is 7.93. The van der Waals surface area contributed by atoms with E-state index in [1.807, 2.05) is 12.1 Å². The van der Waals surface area contributed by atoms with Crippen LogP contribution in [-0.2, 0) is 20.4 Å². The van der Waals surface area contributed by atoms with Crippen molar-refractivity contribution in [2.75, 3.05) is 36.5 Å². The predicted octanol–water partition coefficient (Wildman–Crippen LogP) is 4.99. The topological polar surface area (TPSA) is 81.0 Å². The highest BCUT2D eigenvalue weighted by atomic mass is 19.4. The molecular formula is C25H23F3N2O5. The quantitative estimate of drug-likeness (QED) is 0.493. The normalized spacial score (nSPS) is 14.9. The molecule has 1 fully saturated rings. The van der Waals surface area contributed by atoms with Gasteiger partial charge in [-0.25, -0.2) is 4.79 Å². The van der Waals surface area contributed by atoms with Crippen molar-refractivity contribution < 1.29 is 36.7 Å². The molecule has 1 aromatic heterocycles. The lowest BCUT2D eigenvalue weighted by Crippen LogP contribution is -2.36. The second-order valence-electron chi connectivity index (χ2n) is 7.93. The van der Waals surface area contributed by atoms with Gasteiger partial charge in [-0.05, 0) is 55.5 Å². The third-order valence-electron chi connectivity index (χ3n) is 5.45. The molecule has 7 nitrogen and oxygen atoms in total. The van der Waals surface area contributed by atoms with Gasteiger partial charge in [0.1, 0.15) is 5.76 Å². The average Bonchev–Trinajstić information content (AvgIpc) is 3.35. The zero-order chi connectivity index (χ0) is 25.0. The van der Waals surface area contributed by atoms with E-state index in [0.29, 0.717) is 18.9 Å². The van der Waals surface area contributed by atoms with Gasteiger partial charge >= 0.3 is 12.1 Å². The van der Waals surface area contributed by atoms with Crippen molar-refractivity contribution in [2.24, 2.45) is 0 Å². The summed E-state index contributed by atoms with van der Waals surface area (Å²) in [6.07, 6.45) is -5.64. The van der Waals surface area contributed by atoms with Gasteiger partial charge in [-0.15, -0.1) is 0 Å². The van der Waals surface area contributed by atoms with Gasteiger partial charge < -0.3 is 24.1 Å². The number of halogens is 3. The Balaban J connectivity index is 1.34. The second kappa shape index (κ2) is 10.2. The monoisotopic (exact) mass is 488 g/mol. The molecule has 0 unspecified atom stereocenters. The number of nitrogens with one attached hydrogen (secondary N) is 1. The number of alkyl halides is 3. The summed E-state index contributed by atoms with van der Waals surface area (Å²) in [7, 11) is 0. The molecule has 1 atom stereocenters. The number of hydrogen-bond acceptors (Lipinski definition) is 6. The van der Waals surface area contributed by atoms with E-state index in [1.54, 1.807) is 12.1 Å². The third kappa shape index (κ3) is 6.02. The number of rotatable bonds is 6. The molecule has 0 bridgehead atoms. The number of ether oxygens (including phenoxy) is 2. The summed E-state index contributed by atoms with van der Waals surface area (Å²) in [4.78, 5) is 27.1. The van der Waals surface area contributed by atoms with Crippen LogP contribution >= 0.6 is 0 Å². The summed E-state index contributed by atoms with van der Waals surface area (Å²) < 4.78 is 54.7. The van der Waals surface area contributed by atoms with E-state index in [0.717, 1.165) is 30.9 Å². The van der Waals surface area contributed by atoms with Crippen LogP contribution in [0.2, 0.25) is 0 Å². The number of esters is 1. The highest BCUT2D eigenvalue weighted by molar-refractivity contribution is 5.96. The van der Waals surface area contributed by atoms with E-state index in [9.17, 15) is 22.8 Å². The molecular weight excluding hydrogens is 465 g/mol. The van der Waals surface area contributed by atoms with Crippen molar-refractivity contribution in [3.8, 4) is 11.3 Å². The molecule has 2 aromatic carbocycles. The van der Waals surface area contributed by atoms with E-state index in [1.165, 1.54) is 31.2 Å². The number of nitrogens with zero attached hydrogens (tertiary/aromatic N) is 1. The molecule has 0 saturated carbocycles. The molecule has 0 aliphatic carbocycles. The van der Waals surface area contributed by atoms with Crippen molar-refractivity contribution >= 4 is 23.3 Å². The Bertz CT molecular complexity index is 1180. The molecule has 0 radical (unpaired) electrons. The van der Waals surface area contributed by atoms with Crippen molar-refractivity contribution in [1.82, 2.24) is 0 Å². The molecule has 1 aliphatic rings. The molecule has 3 aromatic rings. The Morgan fingerprint density at radius 1 is 1.03 bits per heavy atom. The van der Waals surface area contributed by atoms with Crippen LogP contribution in [0.25, 0.3) is 11.3 Å². The van der Waals surface area contributed by atoms with E-state index in [4.69, 9.17) is 13.9 Å². The zero-order valence-electron chi connectivity index (χ0n) is 18.8. The van der Waals surface area contributed by atoms with Gasteiger partial charge in [-0.3, -0.25) is 4.79 Å². The maximum atomic E-state index is 12.9. The summed E-state index contributed by atoms with van der Waals surface area (Å²) in [6.45, 7) is 4.32. The minimum Gasteiger partial charge on any atom is -0.449 e. The van der Waals surface area contributed by atoms with Crippen LogP contribution < -0.4 is 10.2 Å². The Kier molecular flexibility index (Phi) is 7.11. The molecule has 10 heteroatoms. The van der Waals surface area contributed by atoms with Gasteiger partial charge in [0.2, 0.25) is 5.76 Å². The van der Waals surface area contributed by atoms with E-state index in [2.05, 4.69) is 10.2 Å². The lowest BCUT2D eigenvalue weighted by molar-refractivity contribution is -0.137. The van der Waals surface area contributed by atoms with Gasteiger partial charge in [0.15, 0.2) is 6.10 Å².